The van der Waals surface area contributed by atoms with Crippen molar-refractivity contribution in [2.75, 3.05) is 13.6 Å². The van der Waals surface area contributed by atoms with Crippen LogP contribution in [0.1, 0.15) is 113 Å². The number of aliphatic carboxylic acids is 1. The largest absolute Gasteiger partial charge is 0.481 e. The number of carbonyl (C=O) groups is 3. The fraction of sp³-hybridized carbons (Fsp3) is 0.500. The molecule has 3 N–H and O–H groups in total. The van der Waals surface area contributed by atoms with Crippen molar-refractivity contribution in [1.29, 1.82) is 5.41 Å². The van der Waals surface area contributed by atoms with Gasteiger partial charge in [0.15, 0.2) is 0 Å². The summed E-state index contributed by atoms with van der Waals surface area (Å²) >= 11 is 0. The van der Waals surface area contributed by atoms with Crippen molar-refractivity contribution in [3.05, 3.63) is 70.8 Å². The fourth-order valence-corrected chi connectivity index (χ4v) is 6.88. The van der Waals surface area contributed by atoms with E-state index in [0.29, 0.717) is 22.9 Å². The van der Waals surface area contributed by atoms with Crippen molar-refractivity contribution in [2.24, 2.45) is 21.3 Å². The molecule has 45 heavy (non-hydrogen) atoms. The zero-order chi connectivity index (χ0) is 33.1. The molecule has 9 nitrogen and oxygen atoms in total. The number of amides is 2. The Balaban J connectivity index is 1.68. The zero-order valence-electron chi connectivity index (χ0n) is 27.6. The maximum absolute atomic E-state index is 14.4. The average molecular weight is 614 g/mol. The van der Waals surface area contributed by atoms with Crippen LogP contribution in [-0.4, -0.2) is 64.2 Å². The molecular weight excluding hydrogens is 566 g/mol. The summed E-state index contributed by atoms with van der Waals surface area (Å²) in [6.07, 6.45) is 3.32. The van der Waals surface area contributed by atoms with Crippen LogP contribution in [0.3, 0.4) is 0 Å². The van der Waals surface area contributed by atoms with Crippen LogP contribution in [0.4, 0.5) is 0 Å². The minimum Gasteiger partial charge on any atom is -0.481 e. The first-order valence-electron chi connectivity index (χ1n) is 15.8. The Hall–Kier alpha value is -4.14. The summed E-state index contributed by atoms with van der Waals surface area (Å²) in [5.41, 5.74) is 4.24. The van der Waals surface area contributed by atoms with Crippen LogP contribution in [0.15, 0.2) is 58.5 Å². The monoisotopic (exact) mass is 613 g/mol. The highest BCUT2D eigenvalue weighted by Crippen LogP contribution is 2.49. The molecule has 1 spiro atoms. The fourth-order valence-electron chi connectivity index (χ4n) is 6.88. The standard InChI is InChI=1S/C36H47N5O4/c1-22(37)31(23(2)38-7)27-9-8-10-28(21-27)32-34(45)41(36(40-32)18-15-29(16-19-36)35(4,5)6)24(3)25-11-13-26(14-12-25)33(44)39-20-17-30(42)43/h8-14,21,24,29,31,37H,15-20H2,1-7H3,(H,39,44)(H,42,43). The number of rotatable bonds is 10. The van der Waals surface area contributed by atoms with Crippen LogP contribution in [0.2, 0.25) is 0 Å². The first kappa shape index (κ1) is 33.7. The topological polar surface area (TPSA) is 135 Å². The highest BCUT2D eigenvalue weighted by molar-refractivity contribution is 6.46. The molecule has 0 bridgehead atoms. The summed E-state index contributed by atoms with van der Waals surface area (Å²) in [5, 5.41) is 19.9. The molecule has 1 saturated carbocycles. The summed E-state index contributed by atoms with van der Waals surface area (Å²) < 4.78 is 0. The predicted octanol–water partition coefficient (Wildman–Crippen LogP) is 6.43. The third-order valence-corrected chi connectivity index (χ3v) is 9.56. The van der Waals surface area contributed by atoms with Crippen LogP contribution < -0.4 is 5.32 Å². The summed E-state index contributed by atoms with van der Waals surface area (Å²) in [6.45, 7) is 12.6. The van der Waals surface area contributed by atoms with E-state index >= 15 is 0 Å². The summed E-state index contributed by atoms with van der Waals surface area (Å²) in [6, 6.07) is 14.7. The van der Waals surface area contributed by atoms with Gasteiger partial charge in [0.25, 0.3) is 11.8 Å². The Kier molecular flexibility index (Phi) is 10.1. The third-order valence-electron chi connectivity index (χ3n) is 9.56. The second kappa shape index (κ2) is 13.5. The van der Waals surface area contributed by atoms with Crippen molar-refractivity contribution in [2.45, 2.75) is 91.3 Å². The Morgan fingerprint density at radius 3 is 2.31 bits per heavy atom. The van der Waals surface area contributed by atoms with Crippen molar-refractivity contribution >= 4 is 34.9 Å². The SMILES string of the molecule is CN=C(C)C(C(C)=N)c1cccc(C2=NC3(CCC(C(C)(C)C)CC3)N(C(C)c3ccc(C(=O)NCCC(=O)O)cc3)C2=O)c1. The lowest BCUT2D eigenvalue weighted by Gasteiger charge is -2.46. The number of nitrogens with zero attached hydrogens (tertiary/aromatic N) is 3. The molecule has 9 heteroatoms. The van der Waals surface area contributed by atoms with Gasteiger partial charge < -0.3 is 20.7 Å². The Morgan fingerprint density at radius 2 is 1.76 bits per heavy atom. The third kappa shape index (κ3) is 7.24. The van der Waals surface area contributed by atoms with Gasteiger partial charge in [0.1, 0.15) is 11.4 Å². The van der Waals surface area contributed by atoms with Crippen LogP contribution in [0.25, 0.3) is 0 Å². The van der Waals surface area contributed by atoms with Gasteiger partial charge in [-0.25, -0.2) is 0 Å². The number of carboxylic acid groups (broad SMARTS) is 1. The van der Waals surface area contributed by atoms with Crippen LogP contribution in [0, 0.1) is 16.7 Å². The zero-order valence-corrected chi connectivity index (χ0v) is 27.6. The number of aliphatic imine (C=N–C) groups is 2. The summed E-state index contributed by atoms with van der Waals surface area (Å²) in [7, 11) is 1.73. The van der Waals surface area contributed by atoms with Gasteiger partial charge in [-0.1, -0.05) is 51.1 Å². The molecule has 240 valence electrons. The molecule has 1 aliphatic heterocycles. The van der Waals surface area contributed by atoms with Gasteiger partial charge in [0.2, 0.25) is 0 Å². The van der Waals surface area contributed by atoms with E-state index in [0.717, 1.165) is 48.1 Å². The van der Waals surface area contributed by atoms with E-state index in [-0.39, 0.29) is 42.2 Å². The minimum absolute atomic E-state index is 0.0545. The van der Waals surface area contributed by atoms with Gasteiger partial charge in [-0.3, -0.25) is 24.4 Å². The molecule has 2 aromatic carbocycles. The molecule has 1 heterocycles. The summed E-state index contributed by atoms with van der Waals surface area (Å²) in [4.78, 5) is 49.4. The van der Waals surface area contributed by atoms with Crippen molar-refractivity contribution in [1.82, 2.24) is 10.2 Å². The minimum atomic E-state index is -0.969. The van der Waals surface area contributed by atoms with Crippen LogP contribution >= 0.6 is 0 Å². The van der Waals surface area contributed by atoms with Crippen molar-refractivity contribution in [3.8, 4) is 0 Å². The Labute approximate surface area is 266 Å². The van der Waals surface area contributed by atoms with E-state index < -0.39 is 11.6 Å². The highest BCUT2D eigenvalue weighted by atomic mass is 16.4. The maximum Gasteiger partial charge on any atom is 0.305 e. The van der Waals surface area contributed by atoms with Crippen LogP contribution in [-0.2, 0) is 9.59 Å². The Morgan fingerprint density at radius 1 is 1.11 bits per heavy atom. The van der Waals surface area contributed by atoms with Crippen LogP contribution in [0.5, 0.6) is 0 Å². The maximum atomic E-state index is 14.4. The molecule has 4 rings (SSSR count). The van der Waals surface area contributed by atoms with Gasteiger partial charge >= 0.3 is 5.97 Å². The number of hydrogen-bond donors (Lipinski definition) is 3. The summed E-state index contributed by atoms with van der Waals surface area (Å²) in [5.74, 6) is -1.16. The molecule has 2 unspecified atom stereocenters. The van der Waals surface area contributed by atoms with Gasteiger partial charge in [-0.05, 0) is 87.1 Å². The van der Waals surface area contributed by atoms with Gasteiger partial charge in [0.05, 0.1) is 18.4 Å². The number of nitrogens with one attached hydrogen (secondary N) is 2. The second-order valence-corrected chi connectivity index (χ2v) is 13.6. The quantitative estimate of drug-likeness (QED) is 0.266. The molecule has 0 saturated heterocycles. The highest BCUT2D eigenvalue weighted by Gasteiger charge is 2.52. The Bertz CT molecular complexity index is 1510. The smallest absolute Gasteiger partial charge is 0.305 e. The van der Waals surface area contributed by atoms with Gasteiger partial charge in [0, 0.05) is 36.1 Å². The van der Waals surface area contributed by atoms with E-state index in [1.54, 1.807) is 26.1 Å². The molecule has 0 radical (unpaired) electrons. The van der Waals surface area contributed by atoms with E-state index in [4.69, 9.17) is 15.5 Å². The van der Waals surface area contributed by atoms with E-state index in [1.165, 1.54) is 0 Å². The number of carboxylic acids is 1. The first-order valence-corrected chi connectivity index (χ1v) is 15.8. The lowest BCUT2D eigenvalue weighted by molar-refractivity contribution is -0.137. The molecular formula is C36H47N5O4. The number of carbonyl (C=O) groups excluding carboxylic acids is 2. The van der Waals surface area contributed by atoms with Gasteiger partial charge in [-0.15, -0.1) is 0 Å². The molecule has 2 amide bonds. The van der Waals surface area contributed by atoms with E-state index in [2.05, 4.69) is 31.1 Å². The molecule has 1 fully saturated rings. The van der Waals surface area contributed by atoms with E-state index in [9.17, 15) is 14.4 Å². The average Bonchev–Trinajstić information content (AvgIpc) is 3.27. The predicted molar refractivity (Wildman–Crippen MR) is 179 cm³/mol. The van der Waals surface area contributed by atoms with Crippen molar-refractivity contribution < 1.29 is 19.5 Å². The molecule has 2 aliphatic rings. The second-order valence-electron chi connectivity index (χ2n) is 13.6. The lowest BCUT2D eigenvalue weighted by Crippen LogP contribution is -2.50. The lowest BCUT2D eigenvalue weighted by atomic mass is 9.69. The molecule has 0 aromatic heterocycles. The van der Waals surface area contributed by atoms with E-state index in [1.807, 2.05) is 55.1 Å². The first-order chi connectivity index (χ1) is 21.2. The number of benzene rings is 2. The normalized spacial score (nSPS) is 21.8. The van der Waals surface area contributed by atoms with Gasteiger partial charge in [-0.2, -0.15) is 0 Å². The molecule has 1 aliphatic carbocycles. The number of hydrogen-bond acceptors (Lipinski definition) is 6. The van der Waals surface area contributed by atoms with Crippen molar-refractivity contribution in [3.63, 3.8) is 0 Å². The molecule has 2 atom stereocenters. The molecule has 2 aromatic rings.